The zero-order chi connectivity index (χ0) is 28.6. The van der Waals surface area contributed by atoms with Crippen molar-refractivity contribution in [3.63, 3.8) is 0 Å². The van der Waals surface area contributed by atoms with Crippen LogP contribution in [0.3, 0.4) is 0 Å². The molecular weight excluding hydrogens is 709 g/mol. The first kappa shape index (κ1) is 30.3. The zero-order valence-corrected chi connectivity index (χ0v) is 27.0. The van der Waals surface area contributed by atoms with Crippen molar-refractivity contribution in [2.45, 2.75) is 47.0 Å². The first-order valence-corrected chi connectivity index (χ1v) is 13.9. The third-order valence-corrected chi connectivity index (χ3v) is 7.65. The predicted molar refractivity (Wildman–Crippen MR) is 165 cm³/mol. The number of pyridine rings is 2. The number of aliphatic hydroxyl groups is 1. The molecule has 5 nitrogen and oxygen atoms in total. The number of thiophene rings is 1. The number of aromatic nitrogens is 2. The molecule has 211 valence electrons. The quantitative estimate of drug-likeness (QED) is 0.111. The van der Waals surface area contributed by atoms with E-state index in [0.717, 1.165) is 38.8 Å². The Hall–Kier alpha value is -3.64. The first-order valence-electron chi connectivity index (χ1n) is 13.1. The molecule has 6 rings (SSSR count). The summed E-state index contributed by atoms with van der Waals surface area (Å²) in [6, 6.07) is 26.7. The van der Waals surface area contributed by atoms with Gasteiger partial charge in [-0.15, -0.1) is 29.5 Å². The van der Waals surface area contributed by atoms with Crippen molar-refractivity contribution in [3.8, 4) is 21.7 Å². The minimum Gasteiger partial charge on any atom is -0.512 e. The number of hydrogen-bond acceptors (Lipinski definition) is 6. The van der Waals surface area contributed by atoms with Crippen molar-refractivity contribution in [2.24, 2.45) is 0 Å². The van der Waals surface area contributed by atoms with Crippen molar-refractivity contribution in [1.29, 1.82) is 0 Å². The number of fused-ring (bicyclic) bond motifs is 4. The molecule has 4 heterocycles. The standard InChI is InChI=1S/C29H23N2OS.C5H8O2.Ir/c1-17-8-13-21-20-6-5-7-22(27(20)32-28(21)30-17)23-14-15-25-24(31-23)16-26(33-25)18-9-11-19(12-10-18)29(2,3)4;1-4(6)3-5(2)7;/h5-6,8-16H,1-4H3;3,6H,1-2H3;/q-1;;/b;4-3-;. The van der Waals surface area contributed by atoms with E-state index in [9.17, 15) is 4.79 Å². The summed E-state index contributed by atoms with van der Waals surface area (Å²) < 4.78 is 7.33. The van der Waals surface area contributed by atoms with Crippen LogP contribution in [0.4, 0.5) is 0 Å². The second-order valence-electron chi connectivity index (χ2n) is 10.9. The molecule has 41 heavy (non-hydrogen) atoms. The Morgan fingerprint density at radius 1 is 0.976 bits per heavy atom. The molecule has 1 N–H and O–H groups in total. The second kappa shape index (κ2) is 12.1. The van der Waals surface area contributed by atoms with Gasteiger partial charge in [-0.3, -0.25) is 9.78 Å². The van der Waals surface area contributed by atoms with Crippen LogP contribution in [0.15, 0.2) is 83.0 Å². The minimum absolute atomic E-state index is 0. The molecule has 0 amide bonds. The van der Waals surface area contributed by atoms with E-state index < -0.39 is 0 Å². The molecule has 0 bridgehead atoms. The van der Waals surface area contributed by atoms with E-state index in [0.29, 0.717) is 5.71 Å². The van der Waals surface area contributed by atoms with Gasteiger partial charge in [0.25, 0.3) is 0 Å². The second-order valence-corrected chi connectivity index (χ2v) is 12.0. The molecule has 0 aliphatic rings. The Bertz CT molecular complexity index is 1890. The molecule has 1 radical (unpaired) electrons. The average Bonchev–Trinajstić information content (AvgIpc) is 3.48. The summed E-state index contributed by atoms with van der Waals surface area (Å²) in [4.78, 5) is 20.8. The summed E-state index contributed by atoms with van der Waals surface area (Å²) in [5, 5.41) is 10.4. The van der Waals surface area contributed by atoms with E-state index in [1.165, 1.54) is 40.6 Å². The summed E-state index contributed by atoms with van der Waals surface area (Å²) in [7, 11) is 0. The van der Waals surface area contributed by atoms with Gasteiger partial charge in [-0.05, 0) is 67.3 Å². The molecule has 6 aromatic rings. The van der Waals surface area contributed by atoms with E-state index in [1.807, 2.05) is 25.1 Å². The maximum absolute atomic E-state index is 10.0. The molecule has 4 aromatic heterocycles. The molecule has 0 spiro atoms. The van der Waals surface area contributed by atoms with Crippen LogP contribution in [-0.2, 0) is 30.3 Å². The van der Waals surface area contributed by atoms with E-state index in [2.05, 4.69) is 80.4 Å². The van der Waals surface area contributed by atoms with E-state index in [-0.39, 0.29) is 37.1 Å². The summed E-state index contributed by atoms with van der Waals surface area (Å²) in [5.41, 5.74) is 7.80. The van der Waals surface area contributed by atoms with Gasteiger partial charge < -0.3 is 9.52 Å². The van der Waals surface area contributed by atoms with Crippen molar-refractivity contribution in [3.05, 3.63) is 95.9 Å². The molecule has 2 aromatic carbocycles. The van der Waals surface area contributed by atoms with Gasteiger partial charge >= 0.3 is 0 Å². The number of benzene rings is 2. The molecule has 0 aliphatic carbocycles. The van der Waals surface area contributed by atoms with Gasteiger partial charge in [0.2, 0.25) is 5.71 Å². The third kappa shape index (κ3) is 6.65. The van der Waals surface area contributed by atoms with Crippen molar-refractivity contribution in [1.82, 2.24) is 9.97 Å². The fraction of sp³-hybridized carbons (Fsp3) is 0.206. The van der Waals surface area contributed by atoms with Crippen LogP contribution in [-0.4, -0.2) is 20.9 Å². The van der Waals surface area contributed by atoms with Crippen molar-refractivity contribution in [2.75, 3.05) is 0 Å². The molecule has 0 fully saturated rings. The molecule has 0 saturated heterocycles. The third-order valence-electron chi connectivity index (χ3n) is 6.52. The van der Waals surface area contributed by atoms with Crippen LogP contribution < -0.4 is 0 Å². The van der Waals surface area contributed by atoms with Crippen LogP contribution in [0.5, 0.6) is 0 Å². The molecule has 0 atom stereocenters. The number of carbonyl (C=O) groups excluding carboxylic acids is 1. The molecule has 0 unspecified atom stereocenters. The number of rotatable bonds is 3. The van der Waals surface area contributed by atoms with Crippen LogP contribution in [0.1, 0.15) is 45.9 Å². The average molecular weight is 740 g/mol. The van der Waals surface area contributed by atoms with Gasteiger partial charge in [0.05, 0.1) is 21.6 Å². The van der Waals surface area contributed by atoms with Gasteiger partial charge in [0, 0.05) is 42.1 Å². The van der Waals surface area contributed by atoms with E-state index in [1.54, 1.807) is 11.3 Å². The number of hydrogen-bond donors (Lipinski definition) is 1. The Balaban J connectivity index is 0.000000434. The fourth-order valence-corrected chi connectivity index (χ4v) is 5.55. The van der Waals surface area contributed by atoms with Gasteiger partial charge in [-0.1, -0.05) is 62.1 Å². The number of furan rings is 1. The minimum atomic E-state index is -0.125. The fourth-order valence-electron chi connectivity index (χ4n) is 4.54. The van der Waals surface area contributed by atoms with Gasteiger partial charge in [0.15, 0.2) is 5.78 Å². The monoisotopic (exact) mass is 740 g/mol. The van der Waals surface area contributed by atoms with Crippen molar-refractivity contribution < 1.29 is 34.4 Å². The smallest absolute Gasteiger partial charge is 0.216 e. The number of aliphatic hydroxyl groups excluding tert-OH is 1. The number of ketones is 1. The molecule has 0 aliphatic heterocycles. The Kier molecular flexibility index (Phi) is 8.93. The molecule has 7 heteroatoms. The summed E-state index contributed by atoms with van der Waals surface area (Å²) in [5.74, 6) is -0.0625. The normalized spacial score (nSPS) is 11.8. The maximum Gasteiger partial charge on any atom is 0.216 e. The molecule has 0 saturated carbocycles. The number of allylic oxidation sites excluding steroid dienone is 2. The van der Waals surface area contributed by atoms with E-state index >= 15 is 0 Å². The first-order chi connectivity index (χ1) is 19.0. The van der Waals surface area contributed by atoms with Crippen LogP contribution in [0.2, 0.25) is 0 Å². The van der Waals surface area contributed by atoms with Crippen molar-refractivity contribution >= 4 is 49.4 Å². The maximum atomic E-state index is 10.0. The molecular formula is C34H31IrN2O3S-. The summed E-state index contributed by atoms with van der Waals surface area (Å²) in [6.07, 6.45) is 1.17. The number of carbonyl (C=O) groups is 1. The van der Waals surface area contributed by atoms with Gasteiger partial charge in [0.1, 0.15) is 0 Å². The SMILES string of the molecule is CC(=O)/C=C(/C)O.Cc1ccc2c(n1)oc1c(-c3ccc4sc(-c5ccc(C(C)(C)C)cc5)cc4n3)[c-]ccc12.[Ir]. The zero-order valence-electron chi connectivity index (χ0n) is 23.8. The van der Waals surface area contributed by atoms with Crippen LogP contribution >= 0.6 is 11.3 Å². The van der Waals surface area contributed by atoms with Gasteiger partial charge in [-0.25, -0.2) is 4.98 Å². The Labute approximate surface area is 257 Å². The Morgan fingerprint density at radius 2 is 1.71 bits per heavy atom. The van der Waals surface area contributed by atoms with Gasteiger partial charge in [-0.2, -0.15) is 0 Å². The largest absolute Gasteiger partial charge is 0.512 e. The topological polar surface area (TPSA) is 76.2 Å². The summed E-state index contributed by atoms with van der Waals surface area (Å²) >= 11 is 1.77. The van der Waals surface area contributed by atoms with Crippen LogP contribution in [0.25, 0.3) is 54.0 Å². The Morgan fingerprint density at radius 3 is 2.34 bits per heavy atom. The van der Waals surface area contributed by atoms with Crippen LogP contribution in [0, 0.1) is 13.0 Å². The summed E-state index contributed by atoms with van der Waals surface area (Å²) in [6.45, 7) is 11.5. The predicted octanol–water partition coefficient (Wildman–Crippen LogP) is 9.37. The number of aryl methyl sites for hydroxylation is 1. The van der Waals surface area contributed by atoms with E-state index in [4.69, 9.17) is 14.5 Å². The number of nitrogens with zero attached hydrogens (tertiary/aromatic N) is 2.